The minimum atomic E-state index is -1.01. The largest absolute Gasteiger partial charge is 0.454 e. The Hall–Kier alpha value is -4.71. The molecule has 1 saturated heterocycles. The maximum atomic E-state index is 12.9. The molecule has 53 heavy (non-hydrogen) atoms. The monoisotopic (exact) mass is 718 g/mol. The van der Waals surface area contributed by atoms with Gasteiger partial charge in [0.05, 0.1) is 51.8 Å². The first-order valence-electron chi connectivity index (χ1n) is 17.9. The summed E-state index contributed by atoms with van der Waals surface area (Å²) >= 11 is 0. The Morgan fingerprint density at radius 3 is 1.47 bits per heavy atom. The second kappa shape index (κ2) is 20.5. The van der Waals surface area contributed by atoms with Crippen molar-refractivity contribution < 1.29 is 43.1 Å². The number of rotatable bonds is 19. The smallest absolute Gasteiger partial charge is 0.338 e. The first kappa shape index (κ1) is 38.0. The van der Waals surface area contributed by atoms with Crippen LogP contribution in [0.5, 0.6) is 0 Å². The van der Waals surface area contributed by atoms with Gasteiger partial charge in [-0.3, -0.25) is 0 Å². The van der Waals surface area contributed by atoms with E-state index in [1.54, 1.807) is 24.3 Å². The average molecular weight is 719 g/mol. The van der Waals surface area contributed by atoms with E-state index in [0.29, 0.717) is 18.8 Å². The van der Waals surface area contributed by atoms with Gasteiger partial charge in [-0.2, -0.15) is 0 Å². The normalized spacial score (nSPS) is 20.4. The van der Waals surface area contributed by atoms with Crippen LogP contribution in [0.2, 0.25) is 0 Å². The Morgan fingerprint density at radius 2 is 0.981 bits per heavy atom. The molecule has 1 N–H and O–H groups in total. The molecule has 1 heterocycles. The summed E-state index contributed by atoms with van der Waals surface area (Å²) in [5.41, 5.74) is 4.31. The summed E-state index contributed by atoms with van der Waals surface area (Å²) in [4.78, 5) is 12.9. The fourth-order valence-electron chi connectivity index (χ4n) is 6.00. The van der Waals surface area contributed by atoms with Gasteiger partial charge in [0.25, 0.3) is 0 Å². The highest BCUT2D eigenvalue weighted by molar-refractivity contribution is 5.89. The van der Waals surface area contributed by atoms with Crippen LogP contribution in [0.1, 0.15) is 32.6 Å². The van der Waals surface area contributed by atoms with E-state index in [1.807, 2.05) is 127 Å². The summed E-state index contributed by atoms with van der Waals surface area (Å²) < 4.78 is 45.0. The van der Waals surface area contributed by atoms with E-state index in [4.69, 9.17) is 33.2 Å². The molecule has 0 bridgehead atoms. The van der Waals surface area contributed by atoms with Crippen molar-refractivity contribution in [2.75, 3.05) is 19.8 Å². The summed E-state index contributed by atoms with van der Waals surface area (Å²) in [6.45, 7) is 0.728. The van der Waals surface area contributed by atoms with Gasteiger partial charge >= 0.3 is 5.97 Å². The van der Waals surface area contributed by atoms with Gasteiger partial charge in [-0.1, -0.05) is 140 Å². The number of hydrogen-bond acceptors (Lipinski definition) is 9. The Morgan fingerprint density at radius 1 is 0.547 bits per heavy atom. The van der Waals surface area contributed by atoms with Crippen LogP contribution in [0, 0.1) is 0 Å². The second-order valence-corrected chi connectivity index (χ2v) is 12.7. The maximum absolute atomic E-state index is 12.9. The number of carbonyl (C=O) groups excluding carboxylic acids is 1. The molecular formula is C44H46O9. The van der Waals surface area contributed by atoms with Crippen molar-refractivity contribution in [3.05, 3.63) is 179 Å². The Balaban J connectivity index is 1.28. The van der Waals surface area contributed by atoms with Crippen molar-refractivity contribution in [1.82, 2.24) is 0 Å². The molecule has 1 aliphatic heterocycles. The fraction of sp³-hybridized carbons (Fsp3) is 0.295. The number of benzene rings is 5. The lowest BCUT2D eigenvalue weighted by molar-refractivity contribution is -0.331. The number of esters is 1. The van der Waals surface area contributed by atoms with Crippen molar-refractivity contribution in [1.29, 1.82) is 0 Å². The number of carbonyl (C=O) groups is 1. The molecule has 0 spiro atoms. The fourth-order valence-corrected chi connectivity index (χ4v) is 6.00. The Kier molecular flexibility index (Phi) is 14.7. The van der Waals surface area contributed by atoms with Crippen LogP contribution in [0.15, 0.2) is 152 Å². The molecule has 276 valence electrons. The predicted molar refractivity (Wildman–Crippen MR) is 198 cm³/mol. The van der Waals surface area contributed by atoms with Crippen LogP contribution < -0.4 is 0 Å². The quantitative estimate of drug-likeness (QED) is 0.0913. The average Bonchev–Trinajstić information content (AvgIpc) is 3.22. The van der Waals surface area contributed by atoms with Gasteiger partial charge in [-0.15, -0.1) is 0 Å². The summed E-state index contributed by atoms with van der Waals surface area (Å²) in [6, 6.07) is 48.1. The van der Waals surface area contributed by atoms with Gasteiger partial charge in [0, 0.05) is 0 Å². The molecule has 5 aromatic rings. The van der Waals surface area contributed by atoms with Crippen molar-refractivity contribution in [2.45, 2.75) is 63.2 Å². The minimum Gasteiger partial charge on any atom is -0.454 e. The van der Waals surface area contributed by atoms with Crippen LogP contribution in [-0.2, 0) is 59.6 Å². The third kappa shape index (κ3) is 11.6. The number of ether oxygens (including phenoxy) is 7. The molecular weight excluding hydrogens is 672 g/mol. The zero-order chi connectivity index (χ0) is 36.5. The molecule has 6 atom stereocenters. The first-order chi connectivity index (χ1) is 26.2. The van der Waals surface area contributed by atoms with Crippen molar-refractivity contribution in [2.24, 2.45) is 0 Å². The lowest BCUT2D eigenvalue weighted by atomic mass is 9.97. The number of aliphatic hydroxyl groups is 1. The molecule has 1 fully saturated rings. The van der Waals surface area contributed by atoms with E-state index >= 15 is 0 Å². The van der Waals surface area contributed by atoms with E-state index in [2.05, 4.69) is 0 Å². The van der Waals surface area contributed by atoms with Gasteiger partial charge in [0.1, 0.15) is 30.5 Å². The van der Waals surface area contributed by atoms with E-state index in [-0.39, 0.29) is 26.4 Å². The highest BCUT2D eigenvalue weighted by Crippen LogP contribution is 2.32. The third-order valence-electron chi connectivity index (χ3n) is 8.77. The van der Waals surface area contributed by atoms with Crippen LogP contribution in [0.3, 0.4) is 0 Å². The lowest BCUT2D eigenvalue weighted by Crippen LogP contribution is -2.62. The summed E-state index contributed by atoms with van der Waals surface area (Å²) in [7, 11) is 0. The van der Waals surface area contributed by atoms with Gasteiger partial charge in [-0.05, 0) is 34.4 Å². The molecule has 5 aromatic carbocycles. The molecule has 0 aromatic heterocycles. The highest BCUT2D eigenvalue weighted by atomic mass is 16.7. The molecule has 0 aliphatic carbocycles. The van der Waals surface area contributed by atoms with Crippen LogP contribution in [0.4, 0.5) is 0 Å². The van der Waals surface area contributed by atoms with E-state index in [0.717, 1.165) is 22.3 Å². The van der Waals surface area contributed by atoms with Crippen LogP contribution in [-0.4, -0.2) is 67.7 Å². The van der Waals surface area contributed by atoms with Gasteiger partial charge in [0.15, 0.2) is 6.29 Å². The van der Waals surface area contributed by atoms with Crippen LogP contribution >= 0.6 is 0 Å². The minimum absolute atomic E-state index is 0.163. The first-order valence-corrected chi connectivity index (χ1v) is 17.9. The summed E-state index contributed by atoms with van der Waals surface area (Å²) in [5.74, 6) is -0.569. The van der Waals surface area contributed by atoms with Crippen molar-refractivity contribution in [3.63, 3.8) is 0 Å². The molecule has 0 radical (unpaired) electrons. The summed E-state index contributed by atoms with van der Waals surface area (Å²) in [5, 5.41) is 10.2. The van der Waals surface area contributed by atoms with Gasteiger partial charge in [0.2, 0.25) is 0 Å². The Labute approximate surface area is 311 Å². The molecule has 0 amide bonds. The molecule has 1 aliphatic rings. The second-order valence-electron chi connectivity index (χ2n) is 12.7. The zero-order valence-electron chi connectivity index (χ0n) is 29.6. The lowest BCUT2D eigenvalue weighted by Gasteiger charge is -2.46. The van der Waals surface area contributed by atoms with Gasteiger partial charge < -0.3 is 38.3 Å². The topological polar surface area (TPSA) is 102 Å². The predicted octanol–water partition coefficient (Wildman–Crippen LogP) is 6.92. The summed E-state index contributed by atoms with van der Waals surface area (Å²) in [6.07, 6.45) is -4.75. The molecule has 9 heteroatoms. The SMILES string of the molecule is O=C(OC(CO)COC1OC(COCc2ccccc2)C(OCc2ccccc2)C(OCc2ccccc2)C1OCc1ccccc1)c1ccccc1. The third-order valence-corrected chi connectivity index (χ3v) is 8.77. The van der Waals surface area contributed by atoms with E-state index in [1.165, 1.54) is 0 Å². The Bertz CT molecular complexity index is 1740. The standard InChI is InChI=1S/C44H46O9/c45-26-38(52-43(46)37-24-14-5-15-25-37)31-51-44-42(50-30-36-22-12-4-13-23-36)41(49-29-35-20-10-3-11-21-35)40(48-28-34-18-8-2-9-19-34)39(53-44)32-47-27-33-16-6-1-7-17-33/h1-25,38-42,44-45H,26-32H2. The molecule has 0 saturated carbocycles. The van der Waals surface area contributed by atoms with E-state index in [9.17, 15) is 9.90 Å². The van der Waals surface area contributed by atoms with Crippen molar-refractivity contribution >= 4 is 5.97 Å². The number of aliphatic hydroxyl groups excluding tert-OH is 1. The van der Waals surface area contributed by atoms with E-state index < -0.39 is 49.4 Å². The highest BCUT2D eigenvalue weighted by Gasteiger charge is 2.49. The van der Waals surface area contributed by atoms with Crippen molar-refractivity contribution in [3.8, 4) is 0 Å². The molecule has 6 unspecified atom stereocenters. The van der Waals surface area contributed by atoms with Crippen LogP contribution in [0.25, 0.3) is 0 Å². The molecule has 6 rings (SSSR count). The zero-order valence-corrected chi connectivity index (χ0v) is 29.6. The molecule has 9 nitrogen and oxygen atoms in total. The van der Waals surface area contributed by atoms with Gasteiger partial charge in [-0.25, -0.2) is 4.79 Å². The number of hydrogen-bond donors (Lipinski definition) is 1. The maximum Gasteiger partial charge on any atom is 0.338 e.